The zero-order valence-corrected chi connectivity index (χ0v) is 9.81. The maximum Gasteiger partial charge on any atom is 0.117 e. The number of hydrogen-bond donors (Lipinski definition) is 0. The average molecular weight is 215 g/mol. The van der Waals surface area contributed by atoms with Crippen LogP contribution in [0.15, 0.2) is 30.3 Å². The van der Waals surface area contributed by atoms with E-state index < -0.39 is 0 Å². The third-order valence-electron chi connectivity index (χ3n) is 3.05. The van der Waals surface area contributed by atoms with Crippen LogP contribution in [0.4, 0.5) is 0 Å². The summed E-state index contributed by atoms with van der Waals surface area (Å²) in [5.74, 6) is 2.79. The summed E-state index contributed by atoms with van der Waals surface area (Å²) in [4.78, 5) is 2.22. The third-order valence-corrected chi connectivity index (χ3v) is 3.05. The minimum Gasteiger partial charge on any atom is -0.358 e. The first-order chi connectivity index (χ1) is 7.63. The molecule has 1 aliphatic heterocycles. The Morgan fingerprint density at radius 2 is 2.12 bits per heavy atom. The average Bonchev–Trinajstić information content (AvgIpc) is 2.56. The van der Waals surface area contributed by atoms with E-state index in [2.05, 4.69) is 36.8 Å². The van der Waals surface area contributed by atoms with Crippen LogP contribution in [-0.2, 0) is 11.3 Å². The highest BCUT2D eigenvalue weighted by Crippen LogP contribution is 2.28. The van der Waals surface area contributed by atoms with Gasteiger partial charge in [0.2, 0.25) is 0 Å². The zero-order chi connectivity index (χ0) is 11.6. The number of ether oxygens (including phenoxy) is 1. The molecule has 84 valence electrons. The van der Waals surface area contributed by atoms with Gasteiger partial charge in [-0.15, -0.1) is 6.42 Å². The number of nitrogens with zero attached hydrogens (tertiary/aromatic N) is 1. The smallest absolute Gasteiger partial charge is 0.117 e. The van der Waals surface area contributed by atoms with Crippen LogP contribution in [0.25, 0.3) is 0 Å². The molecule has 1 aromatic rings. The first kappa shape index (κ1) is 11.2. The van der Waals surface area contributed by atoms with Gasteiger partial charge in [0.05, 0.1) is 12.6 Å². The van der Waals surface area contributed by atoms with E-state index in [0.717, 1.165) is 6.54 Å². The van der Waals surface area contributed by atoms with Crippen LogP contribution < -0.4 is 0 Å². The molecule has 0 bridgehead atoms. The molecule has 1 fully saturated rings. The van der Waals surface area contributed by atoms with E-state index in [1.54, 1.807) is 0 Å². The fraction of sp³-hybridized carbons (Fsp3) is 0.429. The Kier molecular flexibility index (Phi) is 3.00. The van der Waals surface area contributed by atoms with Crippen molar-refractivity contribution in [1.29, 1.82) is 0 Å². The van der Waals surface area contributed by atoms with Crippen molar-refractivity contribution in [2.45, 2.75) is 32.2 Å². The van der Waals surface area contributed by atoms with Gasteiger partial charge in [-0.2, -0.15) is 0 Å². The van der Waals surface area contributed by atoms with E-state index in [9.17, 15) is 0 Å². The molecule has 1 atom stereocenters. The fourth-order valence-corrected chi connectivity index (χ4v) is 2.05. The largest absolute Gasteiger partial charge is 0.358 e. The van der Waals surface area contributed by atoms with Crippen molar-refractivity contribution < 1.29 is 4.74 Å². The van der Waals surface area contributed by atoms with Gasteiger partial charge >= 0.3 is 0 Å². The van der Waals surface area contributed by atoms with Gasteiger partial charge in [0.25, 0.3) is 0 Å². The zero-order valence-electron chi connectivity index (χ0n) is 9.81. The van der Waals surface area contributed by atoms with Crippen LogP contribution in [0.5, 0.6) is 0 Å². The summed E-state index contributed by atoms with van der Waals surface area (Å²) in [7, 11) is 0. The predicted octanol–water partition coefficient (Wildman–Crippen LogP) is 2.26. The Hall–Kier alpha value is -1.30. The van der Waals surface area contributed by atoms with Crippen LogP contribution in [0.3, 0.4) is 0 Å². The van der Waals surface area contributed by atoms with Gasteiger partial charge in [0, 0.05) is 6.54 Å². The van der Waals surface area contributed by atoms with Crippen molar-refractivity contribution in [3.63, 3.8) is 0 Å². The van der Waals surface area contributed by atoms with Gasteiger partial charge in [-0.1, -0.05) is 36.3 Å². The lowest BCUT2D eigenvalue weighted by atomic mass is 10.1. The summed E-state index contributed by atoms with van der Waals surface area (Å²) in [6.07, 6.45) is 5.53. The molecule has 1 heterocycles. The lowest BCUT2D eigenvalue weighted by Gasteiger charge is -2.31. The van der Waals surface area contributed by atoms with Crippen molar-refractivity contribution in [3.05, 3.63) is 35.9 Å². The highest BCUT2D eigenvalue weighted by Gasteiger charge is 2.39. The second-order valence-corrected chi connectivity index (χ2v) is 4.55. The topological polar surface area (TPSA) is 12.5 Å². The van der Waals surface area contributed by atoms with Gasteiger partial charge in [0.1, 0.15) is 5.72 Å². The fourth-order valence-electron chi connectivity index (χ4n) is 2.05. The molecular formula is C14H17NO. The maximum absolute atomic E-state index is 5.71. The predicted molar refractivity (Wildman–Crippen MR) is 64.6 cm³/mol. The lowest BCUT2D eigenvalue weighted by molar-refractivity contribution is -0.0556. The Bertz CT molecular complexity index is 391. The molecule has 1 saturated heterocycles. The highest BCUT2D eigenvalue weighted by atomic mass is 16.5. The van der Waals surface area contributed by atoms with Gasteiger partial charge in [-0.05, 0) is 19.4 Å². The Balaban J connectivity index is 2.16. The standard InChI is InChI=1S/C14H17NO/c1-4-13-11-16-14(2,3)15(13)10-12-8-6-5-7-9-12/h1,5-9,13H,10-11H2,2-3H3/t13-/m0/s1. The summed E-state index contributed by atoms with van der Waals surface area (Å²) < 4.78 is 5.71. The molecule has 2 nitrogen and oxygen atoms in total. The van der Waals surface area contributed by atoms with Crippen LogP contribution in [0.2, 0.25) is 0 Å². The molecule has 0 unspecified atom stereocenters. The number of terminal acetylenes is 1. The summed E-state index contributed by atoms with van der Waals surface area (Å²) in [6.45, 7) is 5.58. The molecule has 0 saturated carbocycles. The van der Waals surface area contributed by atoms with Crippen molar-refractivity contribution in [1.82, 2.24) is 4.90 Å². The summed E-state index contributed by atoms with van der Waals surface area (Å²) in [5, 5.41) is 0. The van der Waals surface area contributed by atoms with Crippen molar-refractivity contribution in [2.24, 2.45) is 0 Å². The molecule has 1 aromatic carbocycles. The summed E-state index contributed by atoms with van der Waals surface area (Å²) >= 11 is 0. The molecule has 0 amide bonds. The van der Waals surface area contributed by atoms with E-state index in [-0.39, 0.29) is 11.8 Å². The normalized spacial score (nSPS) is 24.2. The van der Waals surface area contributed by atoms with E-state index in [1.807, 2.05) is 18.2 Å². The quantitative estimate of drug-likeness (QED) is 0.702. The molecule has 0 aliphatic carbocycles. The van der Waals surface area contributed by atoms with Crippen molar-refractivity contribution in [3.8, 4) is 12.3 Å². The summed E-state index contributed by atoms with van der Waals surface area (Å²) in [6, 6.07) is 10.4. The molecule has 1 aliphatic rings. The van der Waals surface area contributed by atoms with Crippen LogP contribution in [0.1, 0.15) is 19.4 Å². The van der Waals surface area contributed by atoms with Gasteiger partial charge in [-0.25, -0.2) is 0 Å². The third kappa shape index (κ3) is 2.11. The molecule has 0 aromatic heterocycles. The number of benzene rings is 1. The van der Waals surface area contributed by atoms with E-state index in [0.29, 0.717) is 6.61 Å². The van der Waals surface area contributed by atoms with Crippen molar-refractivity contribution in [2.75, 3.05) is 6.61 Å². The monoisotopic (exact) mass is 215 g/mol. The minimum absolute atomic E-state index is 0.0789. The van der Waals surface area contributed by atoms with Crippen molar-refractivity contribution >= 4 is 0 Å². The number of rotatable bonds is 2. The first-order valence-electron chi connectivity index (χ1n) is 5.54. The van der Waals surface area contributed by atoms with Gasteiger partial charge in [0.15, 0.2) is 0 Å². The molecule has 2 rings (SSSR count). The molecular weight excluding hydrogens is 198 g/mol. The second-order valence-electron chi connectivity index (χ2n) is 4.55. The van der Waals surface area contributed by atoms with Crippen LogP contribution in [0, 0.1) is 12.3 Å². The molecule has 16 heavy (non-hydrogen) atoms. The SMILES string of the molecule is C#C[C@H]1COC(C)(C)N1Cc1ccccc1. The van der Waals surface area contributed by atoms with E-state index >= 15 is 0 Å². The minimum atomic E-state index is -0.271. The highest BCUT2D eigenvalue weighted by molar-refractivity contribution is 5.16. The molecule has 2 heteroatoms. The molecule has 0 N–H and O–H groups in total. The number of hydrogen-bond acceptors (Lipinski definition) is 2. The Morgan fingerprint density at radius 3 is 2.75 bits per heavy atom. The van der Waals surface area contributed by atoms with E-state index in [1.165, 1.54) is 5.56 Å². The van der Waals surface area contributed by atoms with Gasteiger partial charge < -0.3 is 4.74 Å². The van der Waals surface area contributed by atoms with E-state index in [4.69, 9.17) is 11.2 Å². The summed E-state index contributed by atoms with van der Waals surface area (Å²) in [5.41, 5.74) is 0.994. The Labute approximate surface area is 97.2 Å². The van der Waals surface area contributed by atoms with Gasteiger partial charge in [-0.3, -0.25) is 4.90 Å². The first-order valence-corrected chi connectivity index (χ1v) is 5.54. The second kappa shape index (κ2) is 4.29. The molecule has 0 radical (unpaired) electrons. The maximum atomic E-state index is 5.71. The van der Waals surface area contributed by atoms with Crippen LogP contribution in [-0.4, -0.2) is 23.3 Å². The Morgan fingerprint density at radius 1 is 1.44 bits per heavy atom. The molecule has 0 spiro atoms. The lowest BCUT2D eigenvalue weighted by Crippen LogP contribution is -2.42. The van der Waals surface area contributed by atoms with Crippen LogP contribution >= 0.6 is 0 Å².